The van der Waals surface area contributed by atoms with Crippen LogP contribution in [0.1, 0.15) is 41.5 Å². The first-order valence-corrected chi connectivity index (χ1v) is 5.21. The summed E-state index contributed by atoms with van der Waals surface area (Å²) >= 11 is 0. The van der Waals surface area contributed by atoms with Crippen LogP contribution in [-0.4, -0.2) is 24.1 Å². The first-order chi connectivity index (χ1) is 6.66. The van der Waals surface area contributed by atoms with Crippen molar-refractivity contribution in [3.8, 4) is 0 Å². The van der Waals surface area contributed by atoms with Crippen molar-refractivity contribution < 1.29 is 14.1 Å². The van der Waals surface area contributed by atoms with Crippen LogP contribution in [-0.2, 0) is 14.1 Å². The molecular weight excluding hydrogens is 191 g/mol. The monoisotopic (exact) mass is 210 g/mol. The maximum absolute atomic E-state index is 11.1. The second-order valence-electron chi connectivity index (χ2n) is 5.03. The van der Waals surface area contributed by atoms with Gasteiger partial charge in [0.25, 0.3) is 0 Å². The Bertz CT molecular complexity index is 289. The van der Waals surface area contributed by atoms with Gasteiger partial charge in [0.1, 0.15) is 0 Å². The Kier molecular flexibility index (Phi) is 3.12. The van der Waals surface area contributed by atoms with Gasteiger partial charge in [0.15, 0.2) is 5.78 Å². The highest BCUT2D eigenvalue weighted by Gasteiger charge is 2.50. The van der Waals surface area contributed by atoms with Gasteiger partial charge in [-0.15, -0.1) is 0 Å². The van der Waals surface area contributed by atoms with Crippen molar-refractivity contribution in [3.63, 3.8) is 0 Å². The van der Waals surface area contributed by atoms with Crippen LogP contribution in [0.4, 0.5) is 0 Å². The normalized spacial score (nSPS) is 24.4. The van der Waals surface area contributed by atoms with E-state index in [2.05, 4.69) is 0 Å². The molecule has 1 aliphatic rings. The van der Waals surface area contributed by atoms with Gasteiger partial charge < -0.3 is 9.31 Å². The molecule has 0 atom stereocenters. The largest absolute Gasteiger partial charge is 0.487 e. The Balaban J connectivity index is 2.80. The van der Waals surface area contributed by atoms with Gasteiger partial charge in [0, 0.05) is 0 Å². The van der Waals surface area contributed by atoms with Crippen LogP contribution in [0, 0.1) is 0 Å². The van der Waals surface area contributed by atoms with Gasteiger partial charge in [-0.1, -0.05) is 0 Å². The zero-order chi connectivity index (χ0) is 11.9. The predicted octanol–water partition coefficient (Wildman–Crippen LogP) is 2.15. The SMILES string of the molecule is CC(=O)/C(C)=C/B1OC(C)(C)C(C)(C)O1. The quantitative estimate of drug-likeness (QED) is 0.517. The number of hydrogen-bond acceptors (Lipinski definition) is 3. The molecule has 0 aromatic carbocycles. The summed E-state index contributed by atoms with van der Waals surface area (Å²) < 4.78 is 11.5. The fraction of sp³-hybridized carbons (Fsp3) is 0.727. The third-order valence-corrected chi connectivity index (χ3v) is 3.21. The number of Topliss-reactive ketones (excluding diaryl/α,β-unsaturated/α-hetero) is 1. The minimum absolute atomic E-state index is 0.0460. The van der Waals surface area contributed by atoms with E-state index < -0.39 is 7.12 Å². The van der Waals surface area contributed by atoms with E-state index in [0.29, 0.717) is 5.57 Å². The van der Waals surface area contributed by atoms with Gasteiger partial charge in [-0.05, 0) is 53.1 Å². The Labute approximate surface area is 92.0 Å². The van der Waals surface area contributed by atoms with Crippen LogP contribution in [0.5, 0.6) is 0 Å². The van der Waals surface area contributed by atoms with E-state index in [4.69, 9.17) is 9.31 Å². The summed E-state index contributed by atoms with van der Waals surface area (Å²) in [6.45, 7) is 11.3. The topological polar surface area (TPSA) is 35.5 Å². The minimum atomic E-state index is -0.418. The first-order valence-electron chi connectivity index (χ1n) is 5.21. The van der Waals surface area contributed by atoms with E-state index >= 15 is 0 Å². The summed E-state index contributed by atoms with van der Waals surface area (Å²) in [6, 6.07) is 0. The standard InChI is InChI=1S/C11H19BO3/c1-8(9(2)13)7-12-14-10(3,4)11(5,6)15-12/h7H,1-6H3/b8-7+. The predicted molar refractivity (Wildman–Crippen MR) is 60.5 cm³/mol. The zero-order valence-corrected chi connectivity index (χ0v) is 10.4. The number of ketones is 1. The van der Waals surface area contributed by atoms with E-state index in [1.165, 1.54) is 6.92 Å². The molecule has 0 amide bonds. The highest BCUT2D eigenvalue weighted by molar-refractivity contribution is 6.52. The second-order valence-corrected chi connectivity index (χ2v) is 5.03. The van der Waals surface area contributed by atoms with Gasteiger partial charge in [0.05, 0.1) is 11.2 Å². The fourth-order valence-electron chi connectivity index (χ4n) is 1.28. The van der Waals surface area contributed by atoms with Crippen LogP contribution in [0.15, 0.2) is 11.5 Å². The molecule has 1 heterocycles. The maximum atomic E-state index is 11.1. The number of carbonyl (C=O) groups excluding carboxylic acids is 1. The van der Waals surface area contributed by atoms with Gasteiger partial charge in [0.2, 0.25) is 0 Å². The van der Waals surface area contributed by atoms with E-state index in [9.17, 15) is 4.79 Å². The summed E-state index contributed by atoms with van der Waals surface area (Å²) in [5, 5.41) is 0. The van der Waals surface area contributed by atoms with Crippen LogP contribution < -0.4 is 0 Å². The lowest BCUT2D eigenvalue weighted by Crippen LogP contribution is -2.41. The van der Waals surface area contributed by atoms with Crippen molar-refractivity contribution in [1.82, 2.24) is 0 Å². The lowest BCUT2D eigenvalue weighted by atomic mass is 9.86. The van der Waals surface area contributed by atoms with Crippen molar-refractivity contribution in [2.75, 3.05) is 0 Å². The molecule has 1 rings (SSSR count). The Morgan fingerprint density at radius 2 is 1.47 bits per heavy atom. The molecule has 15 heavy (non-hydrogen) atoms. The third-order valence-electron chi connectivity index (χ3n) is 3.21. The summed E-state index contributed by atoms with van der Waals surface area (Å²) in [4.78, 5) is 11.1. The first kappa shape index (κ1) is 12.5. The average Bonchev–Trinajstić information content (AvgIpc) is 2.19. The molecule has 0 unspecified atom stereocenters. The molecule has 0 N–H and O–H groups in total. The second kappa shape index (κ2) is 3.76. The van der Waals surface area contributed by atoms with Crippen molar-refractivity contribution in [1.29, 1.82) is 0 Å². The smallest absolute Gasteiger partial charge is 0.400 e. The molecule has 1 aliphatic heterocycles. The zero-order valence-electron chi connectivity index (χ0n) is 10.4. The molecule has 0 spiro atoms. The minimum Gasteiger partial charge on any atom is -0.400 e. The molecule has 1 fully saturated rings. The molecule has 0 radical (unpaired) electrons. The molecule has 0 aromatic rings. The van der Waals surface area contributed by atoms with E-state index in [0.717, 1.165) is 0 Å². The highest BCUT2D eigenvalue weighted by Crippen LogP contribution is 2.37. The molecule has 3 nitrogen and oxygen atoms in total. The summed E-state index contributed by atoms with van der Waals surface area (Å²) in [7, 11) is -0.418. The van der Waals surface area contributed by atoms with Gasteiger partial charge in [-0.25, -0.2) is 0 Å². The maximum Gasteiger partial charge on any atom is 0.487 e. The molecule has 0 aromatic heterocycles. The number of hydrogen-bond donors (Lipinski definition) is 0. The molecule has 0 aliphatic carbocycles. The van der Waals surface area contributed by atoms with Crippen LogP contribution >= 0.6 is 0 Å². The number of allylic oxidation sites excluding steroid dienone is 1. The molecular formula is C11H19BO3. The molecule has 0 saturated carbocycles. The molecule has 0 bridgehead atoms. The summed E-state index contributed by atoms with van der Waals surface area (Å²) in [5.74, 6) is 1.78. The van der Waals surface area contributed by atoms with Gasteiger partial charge in [-0.2, -0.15) is 0 Å². The Morgan fingerprint density at radius 1 is 1.07 bits per heavy atom. The van der Waals surface area contributed by atoms with Crippen LogP contribution in [0.25, 0.3) is 0 Å². The van der Waals surface area contributed by atoms with Gasteiger partial charge in [-0.3, -0.25) is 4.79 Å². The summed E-state index contributed by atoms with van der Waals surface area (Å²) in [5.41, 5.74) is -0.00952. The highest BCUT2D eigenvalue weighted by atomic mass is 16.7. The van der Waals surface area contributed by atoms with Crippen molar-refractivity contribution in [3.05, 3.63) is 11.5 Å². The lowest BCUT2D eigenvalue weighted by Gasteiger charge is -2.32. The van der Waals surface area contributed by atoms with Crippen molar-refractivity contribution >= 4 is 12.9 Å². The Hall–Kier alpha value is -0.605. The van der Waals surface area contributed by atoms with Crippen LogP contribution in [0.2, 0.25) is 0 Å². The van der Waals surface area contributed by atoms with Crippen molar-refractivity contribution in [2.45, 2.75) is 52.7 Å². The number of rotatable bonds is 2. The van der Waals surface area contributed by atoms with Crippen molar-refractivity contribution in [2.24, 2.45) is 0 Å². The van der Waals surface area contributed by atoms with E-state index in [1.807, 2.05) is 27.7 Å². The van der Waals surface area contributed by atoms with Crippen LogP contribution in [0.3, 0.4) is 0 Å². The number of carbonyl (C=O) groups is 1. The van der Waals surface area contributed by atoms with Gasteiger partial charge >= 0.3 is 7.12 Å². The average molecular weight is 210 g/mol. The van der Waals surface area contributed by atoms with E-state index in [-0.39, 0.29) is 17.0 Å². The molecule has 1 saturated heterocycles. The molecule has 84 valence electrons. The molecule has 4 heteroatoms. The Morgan fingerprint density at radius 3 is 1.80 bits per heavy atom. The van der Waals surface area contributed by atoms with E-state index in [1.54, 1.807) is 12.9 Å². The summed E-state index contributed by atoms with van der Waals surface area (Å²) in [6.07, 6.45) is 0. The lowest BCUT2D eigenvalue weighted by molar-refractivity contribution is -0.113. The third kappa shape index (κ3) is 2.50. The fourth-order valence-corrected chi connectivity index (χ4v) is 1.28.